The van der Waals surface area contributed by atoms with Crippen molar-refractivity contribution >= 4 is 6.16 Å². The normalized spacial score (nSPS) is 7.30. The van der Waals surface area contributed by atoms with E-state index in [1.807, 2.05) is 0 Å². The van der Waals surface area contributed by atoms with Crippen molar-refractivity contribution in [1.82, 2.24) is 0 Å². The summed E-state index contributed by atoms with van der Waals surface area (Å²) in [6.07, 6.45) is 1.00. The van der Waals surface area contributed by atoms with Crippen molar-refractivity contribution in [1.29, 1.82) is 0 Å². The molecule has 0 aromatic rings. The lowest BCUT2D eigenvalue weighted by Gasteiger charge is -1.96. The van der Waals surface area contributed by atoms with Crippen LogP contribution in [0.15, 0.2) is 0 Å². The predicted octanol–water partition coefficient (Wildman–Crippen LogP) is 0.678. The Hall–Kier alpha value is -1.37. The molecular formula is C6H8O4. The zero-order valence-electron chi connectivity index (χ0n) is 5.59. The van der Waals surface area contributed by atoms with E-state index in [0.717, 1.165) is 0 Å². The first kappa shape index (κ1) is 8.63. The molecule has 0 spiro atoms. The van der Waals surface area contributed by atoms with Crippen molar-refractivity contribution in [3.63, 3.8) is 0 Å². The van der Waals surface area contributed by atoms with E-state index in [-0.39, 0.29) is 13.2 Å². The molecule has 0 atom stereocenters. The second kappa shape index (κ2) is 5.76. The lowest BCUT2D eigenvalue weighted by atomic mass is 10.7. The molecular weight excluding hydrogens is 136 g/mol. The molecule has 0 radical (unpaired) electrons. The Balaban J connectivity index is 3.03. The number of ether oxygens (including phenoxy) is 2. The summed E-state index contributed by atoms with van der Waals surface area (Å²) in [4.78, 5) is 9.72. The fourth-order valence-electron chi connectivity index (χ4n) is 0.294. The van der Waals surface area contributed by atoms with Gasteiger partial charge in [-0.3, -0.25) is 0 Å². The van der Waals surface area contributed by atoms with Crippen molar-refractivity contribution in [2.75, 3.05) is 13.2 Å². The molecule has 4 nitrogen and oxygen atoms in total. The summed E-state index contributed by atoms with van der Waals surface area (Å²) in [5.74, 6) is 2.48. The van der Waals surface area contributed by atoms with E-state index in [4.69, 9.17) is 5.11 Å². The summed E-state index contributed by atoms with van der Waals surface area (Å²) in [5, 5.41) is 7.96. The molecule has 0 saturated carbocycles. The molecule has 0 bridgehead atoms. The molecule has 10 heavy (non-hydrogen) atoms. The van der Waals surface area contributed by atoms with Gasteiger partial charge in [-0.2, -0.15) is 0 Å². The van der Waals surface area contributed by atoms with Gasteiger partial charge in [0, 0.05) is 6.92 Å². The third-order valence-electron chi connectivity index (χ3n) is 0.585. The third kappa shape index (κ3) is 6.63. The van der Waals surface area contributed by atoms with Crippen molar-refractivity contribution in [3.8, 4) is 12.0 Å². The van der Waals surface area contributed by atoms with E-state index >= 15 is 0 Å². The Morgan fingerprint density at radius 1 is 1.60 bits per heavy atom. The van der Waals surface area contributed by atoms with Gasteiger partial charge < -0.3 is 14.6 Å². The van der Waals surface area contributed by atoms with Crippen LogP contribution in [-0.2, 0) is 9.47 Å². The van der Waals surface area contributed by atoms with Crippen LogP contribution >= 0.6 is 0 Å². The lowest BCUT2D eigenvalue weighted by Crippen LogP contribution is -2.06. The van der Waals surface area contributed by atoms with Crippen LogP contribution < -0.4 is 0 Å². The molecule has 0 heterocycles. The van der Waals surface area contributed by atoms with Crippen LogP contribution in [-0.4, -0.2) is 24.5 Å². The third-order valence-corrected chi connectivity index (χ3v) is 0.585. The minimum atomic E-state index is -1.30. The number of carbonyl (C=O) groups is 1. The Morgan fingerprint density at radius 2 is 2.30 bits per heavy atom. The quantitative estimate of drug-likeness (QED) is 0.359. The highest BCUT2D eigenvalue weighted by Crippen LogP contribution is 1.76. The number of hydrogen-bond donors (Lipinski definition) is 1. The van der Waals surface area contributed by atoms with Crippen molar-refractivity contribution < 1.29 is 19.4 Å². The summed E-state index contributed by atoms with van der Waals surface area (Å²) >= 11 is 0. The zero-order chi connectivity index (χ0) is 7.82. The average Bonchev–Trinajstić information content (AvgIpc) is 1.87. The first-order valence-electron chi connectivity index (χ1n) is 2.66. The van der Waals surface area contributed by atoms with Crippen LogP contribution in [0.25, 0.3) is 0 Å². The SMILES string of the molecule is CC#COCCOC(=O)O. The van der Waals surface area contributed by atoms with E-state index in [2.05, 4.69) is 21.5 Å². The molecule has 0 saturated heterocycles. The average molecular weight is 144 g/mol. The highest BCUT2D eigenvalue weighted by molar-refractivity contribution is 5.56. The highest BCUT2D eigenvalue weighted by atomic mass is 16.7. The van der Waals surface area contributed by atoms with E-state index < -0.39 is 6.16 Å². The fourth-order valence-corrected chi connectivity index (χ4v) is 0.294. The van der Waals surface area contributed by atoms with Crippen molar-refractivity contribution in [2.45, 2.75) is 6.92 Å². The molecule has 0 aromatic heterocycles. The van der Waals surface area contributed by atoms with Crippen molar-refractivity contribution in [3.05, 3.63) is 0 Å². The predicted molar refractivity (Wildman–Crippen MR) is 33.4 cm³/mol. The maximum absolute atomic E-state index is 9.72. The molecule has 0 unspecified atom stereocenters. The summed E-state index contributed by atoms with van der Waals surface area (Å²) < 4.78 is 8.70. The van der Waals surface area contributed by atoms with Crippen LogP contribution in [0.2, 0.25) is 0 Å². The lowest BCUT2D eigenvalue weighted by molar-refractivity contribution is 0.0738. The summed E-state index contributed by atoms with van der Waals surface area (Å²) in [6, 6.07) is 0. The molecule has 0 amide bonds. The van der Waals surface area contributed by atoms with E-state index in [0.29, 0.717) is 0 Å². The molecule has 1 N–H and O–H groups in total. The van der Waals surface area contributed by atoms with Crippen LogP contribution in [0.3, 0.4) is 0 Å². The molecule has 56 valence electrons. The van der Waals surface area contributed by atoms with Crippen LogP contribution in [0.1, 0.15) is 6.92 Å². The maximum atomic E-state index is 9.72. The molecule has 0 aliphatic heterocycles. The highest BCUT2D eigenvalue weighted by Gasteiger charge is 1.93. The first-order valence-corrected chi connectivity index (χ1v) is 2.66. The van der Waals surface area contributed by atoms with Gasteiger partial charge >= 0.3 is 6.16 Å². The van der Waals surface area contributed by atoms with Crippen LogP contribution in [0, 0.1) is 12.0 Å². The summed E-state index contributed by atoms with van der Waals surface area (Å²) in [7, 11) is 0. The number of hydrogen-bond acceptors (Lipinski definition) is 3. The molecule has 0 aromatic carbocycles. The van der Waals surface area contributed by atoms with Gasteiger partial charge in [0.1, 0.15) is 19.3 Å². The van der Waals surface area contributed by atoms with Gasteiger partial charge in [0.2, 0.25) is 0 Å². The molecule has 0 fully saturated rings. The Labute approximate surface area is 58.7 Å². The topological polar surface area (TPSA) is 55.8 Å². The Kier molecular flexibility index (Phi) is 4.97. The fraction of sp³-hybridized carbons (Fsp3) is 0.500. The van der Waals surface area contributed by atoms with Gasteiger partial charge in [0.15, 0.2) is 0 Å². The molecule has 0 aliphatic rings. The van der Waals surface area contributed by atoms with Gasteiger partial charge in [-0.1, -0.05) is 5.92 Å². The van der Waals surface area contributed by atoms with Gasteiger partial charge in [-0.25, -0.2) is 4.79 Å². The monoisotopic (exact) mass is 144 g/mol. The van der Waals surface area contributed by atoms with Crippen LogP contribution in [0.5, 0.6) is 0 Å². The standard InChI is InChI=1S/C6H8O4/c1-2-3-9-4-5-10-6(7)8/h4-5H2,1H3,(H,7,8). The van der Waals surface area contributed by atoms with Gasteiger partial charge in [-0.05, 0) is 0 Å². The maximum Gasteiger partial charge on any atom is 0.505 e. The Morgan fingerprint density at radius 3 is 2.80 bits per heavy atom. The first-order chi connectivity index (χ1) is 4.77. The largest absolute Gasteiger partial charge is 0.505 e. The van der Waals surface area contributed by atoms with Gasteiger partial charge in [-0.15, -0.1) is 0 Å². The molecule has 0 aliphatic carbocycles. The van der Waals surface area contributed by atoms with E-state index in [1.165, 1.54) is 0 Å². The van der Waals surface area contributed by atoms with Crippen molar-refractivity contribution in [2.24, 2.45) is 0 Å². The van der Waals surface area contributed by atoms with Crippen LogP contribution in [0.4, 0.5) is 4.79 Å². The molecule has 0 rings (SSSR count). The van der Waals surface area contributed by atoms with Gasteiger partial charge in [0.05, 0.1) is 0 Å². The smallest absolute Gasteiger partial charge is 0.450 e. The number of rotatable bonds is 3. The van der Waals surface area contributed by atoms with E-state index in [9.17, 15) is 4.79 Å². The zero-order valence-corrected chi connectivity index (χ0v) is 5.59. The minimum absolute atomic E-state index is 0.0179. The second-order valence-electron chi connectivity index (χ2n) is 1.31. The number of carboxylic acid groups (broad SMARTS) is 1. The summed E-state index contributed by atoms with van der Waals surface area (Å²) in [5.41, 5.74) is 0. The second-order valence-corrected chi connectivity index (χ2v) is 1.31. The Bertz CT molecular complexity index is 153. The van der Waals surface area contributed by atoms with Gasteiger partial charge in [0.25, 0.3) is 0 Å². The molecule has 4 heteroatoms. The minimum Gasteiger partial charge on any atom is -0.450 e. The summed E-state index contributed by atoms with van der Waals surface area (Å²) in [6.45, 7) is 1.81. The van der Waals surface area contributed by atoms with E-state index in [1.54, 1.807) is 6.92 Å².